The molecule has 0 spiro atoms. The van der Waals surface area contributed by atoms with Crippen LogP contribution in [0.2, 0.25) is 0 Å². The number of hydrogen-bond donors (Lipinski definition) is 0. The minimum Gasteiger partial charge on any atom is -0.464 e. The van der Waals surface area contributed by atoms with Crippen LogP contribution in [0.1, 0.15) is 44.6 Å². The van der Waals surface area contributed by atoms with Crippen molar-refractivity contribution in [1.29, 1.82) is 0 Å². The minimum atomic E-state index is -3.90. The standard InChI is InChI=1S/C26H35N3O6S/c1-5-29-21(3)24(20(2)25(29)26(31)34-4)23(30)19-28(13-12-27-14-16-35-17-15-27)36(32,33)18-11-22-9-7-6-8-10-22/h6-11,18H,5,12-17,19H2,1-4H3/b18-11+. The second-order valence-corrected chi connectivity index (χ2v) is 10.5. The molecule has 1 aliphatic rings. The number of hydrogen-bond acceptors (Lipinski definition) is 7. The number of morpholine rings is 1. The first-order chi connectivity index (χ1) is 17.2. The summed E-state index contributed by atoms with van der Waals surface area (Å²) in [7, 11) is -2.61. The molecule has 1 aromatic heterocycles. The fourth-order valence-electron chi connectivity index (χ4n) is 4.49. The van der Waals surface area contributed by atoms with Crippen LogP contribution in [0.3, 0.4) is 0 Å². The number of ketones is 1. The monoisotopic (exact) mass is 517 g/mol. The molecule has 196 valence electrons. The molecule has 10 heteroatoms. The van der Waals surface area contributed by atoms with Crippen molar-refractivity contribution in [3.05, 3.63) is 63.8 Å². The van der Waals surface area contributed by atoms with Crippen LogP contribution in [0.5, 0.6) is 0 Å². The zero-order chi connectivity index (χ0) is 26.3. The summed E-state index contributed by atoms with van der Waals surface area (Å²) in [5.74, 6) is -0.889. The third-order valence-corrected chi connectivity index (χ3v) is 7.93. The van der Waals surface area contributed by atoms with Gasteiger partial charge in [0.2, 0.25) is 10.0 Å². The average molecular weight is 518 g/mol. The van der Waals surface area contributed by atoms with E-state index < -0.39 is 16.0 Å². The van der Waals surface area contributed by atoms with Crippen LogP contribution in [0, 0.1) is 13.8 Å². The molecule has 2 heterocycles. The van der Waals surface area contributed by atoms with Crippen molar-refractivity contribution in [2.24, 2.45) is 0 Å². The van der Waals surface area contributed by atoms with E-state index in [0.29, 0.717) is 61.9 Å². The molecule has 1 saturated heterocycles. The van der Waals surface area contributed by atoms with E-state index in [2.05, 4.69) is 4.90 Å². The van der Waals surface area contributed by atoms with E-state index in [1.807, 2.05) is 37.3 Å². The Morgan fingerprint density at radius 2 is 1.81 bits per heavy atom. The maximum Gasteiger partial charge on any atom is 0.354 e. The maximum atomic E-state index is 13.5. The largest absolute Gasteiger partial charge is 0.464 e. The number of carbonyl (C=O) groups excluding carboxylic acids is 2. The molecule has 0 radical (unpaired) electrons. The van der Waals surface area contributed by atoms with Crippen LogP contribution in [-0.4, -0.2) is 87.0 Å². The Morgan fingerprint density at radius 1 is 1.14 bits per heavy atom. The van der Waals surface area contributed by atoms with Gasteiger partial charge in [0.05, 0.1) is 26.9 Å². The summed E-state index contributed by atoms with van der Waals surface area (Å²) in [6.07, 6.45) is 1.53. The average Bonchev–Trinajstić information content (AvgIpc) is 3.14. The molecule has 0 unspecified atom stereocenters. The molecule has 3 rings (SSSR count). The highest BCUT2D eigenvalue weighted by Crippen LogP contribution is 2.24. The van der Waals surface area contributed by atoms with Gasteiger partial charge in [0.25, 0.3) is 0 Å². The molecule has 1 aromatic carbocycles. The van der Waals surface area contributed by atoms with E-state index in [1.54, 1.807) is 18.4 Å². The lowest BCUT2D eigenvalue weighted by Crippen LogP contribution is -2.44. The topological polar surface area (TPSA) is 98.2 Å². The van der Waals surface area contributed by atoms with Gasteiger partial charge in [0.1, 0.15) is 5.69 Å². The summed E-state index contributed by atoms with van der Waals surface area (Å²) in [5.41, 5.74) is 2.53. The van der Waals surface area contributed by atoms with Crippen LogP contribution in [0.15, 0.2) is 35.7 Å². The van der Waals surface area contributed by atoms with Crippen molar-refractivity contribution in [1.82, 2.24) is 13.8 Å². The molecule has 0 atom stereocenters. The van der Waals surface area contributed by atoms with Crippen LogP contribution in [0.25, 0.3) is 6.08 Å². The van der Waals surface area contributed by atoms with Crippen molar-refractivity contribution in [3.63, 3.8) is 0 Å². The van der Waals surface area contributed by atoms with Crippen molar-refractivity contribution in [2.45, 2.75) is 27.3 Å². The van der Waals surface area contributed by atoms with Crippen molar-refractivity contribution in [2.75, 3.05) is 53.0 Å². The lowest BCUT2D eigenvalue weighted by atomic mass is 10.1. The van der Waals surface area contributed by atoms with E-state index >= 15 is 0 Å². The van der Waals surface area contributed by atoms with E-state index in [1.165, 1.54) is 17.5 Å². The SMILES string of the molecule is CCn1c(C)c(C(=O)CN(CCN2CCOCC2)S(=O)(=O)/C=C/c2ccccc2)c(C)c1C(=O)OC. The zero-order valence-corrected chi connectivity index (χ0v) is 22.2. The van der Waals surface area contributed by atoms with Crippen LogP contribution in [0.4, 0.5) is 0 Å². The van der Waals surface area contributed by atoms with E-state index in [-0.39, 0.29) is 18.9 Å². The first-order valence-corrected chi connectivity index (χ1v) is 13.5. The third kappa shape index (κ3) is 6.50. The third-order valence-electron chi connectivity index (χ3n) is 6.42. The summed E-state index contributed by atoms with van der Waals surface area (Å²) < 4.78 is 40.0. The van der Waals surface area contributed by atoms with Gasteiger partial charge in [-0.15, -0.1) is 0 Å². The Labute approximate surface area is 213 Å². The Morgan fingerprint density at radius 3 is 2.42 bits per heavy atom. The van der Waals surface area contributed by atoms with Gasteiger partial charge < -0.3 is 14.0 Å². The summed E-state index contributed by atoms with van der Waals surface area (Å²) in [6.45, 7) is 8.73. The first kappa shape index (κ1) is 27.8. The Balaban J connectivity index is 1.90. The first-order valence-electron chi connectivity index (χ1n) is 12.0. The molecular formula is C26H35N3O6S. The Bertz CT molecular complexity index is 1200. The van der Waals surface area contributed by atoms with Crippen molar-refractivity contribution < 1.29 is 27.5 Å². The molecule has 1 fully saturated rings. The van der Waals surface area contributed by atoms with Gasteiger partial charge in [0.15, 0.2) is 5.78 Å². The Kier molecular flexibility index (Phi) is 9.61. The summed E-state index contributed by atoms with van der Waals surface area (Å²) >= 11 is 0. The molecule has 36 heavy (non-hydrogen) atoms. The van der Waals surface area contributed by atoms with Gasteiger partial charge in [-0.05, 0) is 38.0 Å². The van der Waals surface area contributed by atoms with Crippen molar-refractivity contribution in [3.8, 4) is 0 Å². The molecule has 0 amide bonds. The molecule has 0 N–H and O–H groups in total. The summed E-state index contributed by atoms with van der Waals surface area (Å²) in [5, 5.41) is 1.14. The predicted molar refractivity (Wildman–Crippen MR) is 138 cm³/mol. The number of carbonyl (C=O) groups is 2. The molecule has 0 aliphatic carbocycles. The van der Waals surface area contributed by atoms with Crippen LogP contribution in [-0.2, 0) is 26.0 Å². The highest BCUT2D eigenvalue weighted by Gasteiger charge is 2.30. The normalized spacial score (nSPS) is 15.0. The summed E-state index contributed by atoms with van der Waals surface area (Å²) in [6, 6.07) is 9.13. The second-order valence-electron chi connectivity index (χ2n) is 8.64. The number of methoxy groups -OCH3 is 1. The minimum absolute atomic E-state index is 0.156. The highest BCUT2D eigenvalue weighted by atomic mass is 32.2. The smallest absolute Gasteiger partial charge is 0.354 e. The number of rotatable bonds is 11. The fraction of sp³-hybridized carbons (Fsp3) is 0.462. The number of benzene rings is 1. The van der Waals surface area contributed by atoms with Gasteiger partial charge in [0, 0.05) is 49.4 Å². The lowest BCUT2D eigenvalue weighted by molar-refractivity contribution is 0.0362. The van der Waals surface area contributed by atoms with Crippen LogP contribution < -0.4 is 0 Å². The number of Topliss-reactive ketones (excluding diaryl/α,β-unsaturated/α-hetero) is 1. The second kappa shape index (κ2) is 12.4. The predicted octanol–water partition coefficient (Wildman–Crippen LogP) is 2.73. The molecule has 2 aromatic rings. The molecule has 9 nitrogen and oxygen atoms in total. The maximum absolute atomic E-state index is 13.5. The number of ether oxygens (including phenoxy) is 2. The van der Waals surface area contributed by atoms with Gasteiger partial charge in [-0.2, -0.15) is 4.31 Å². The van der Waals surface area contributed by atoms with Gasteiger partial charge in [-0.1, -0.05) is 30.3 Å². The number of aromatic nitrogens is 1. The van der Waals surface area contributed by atoms with Gasteiger partial charge in [-0.25, -0.2) is 13.2 Å². The van der Waals surface area contributed by atoms with Gasteiger partial charge in [-0.3, -0.25) is 9.69 Å². The zero-order valence-electron chi connectivity index (χ0n) is 21.4. The number of sulfonamides is 1. The van der Waals surface area contributed by atoms with E-state index in [9.17, 15) is 18.0 Å². The van der Waals surface area contributed by atoms with E-state index in [0.717, 1.165) is 11.0 Å². The summed E-state index contributed by atoms with van der Waals surface area (Å²) in [4.78, 5) is 28.0. The molecule has 1 aliphatic heterocycles. The number of nitrogens with zero attached hydrogens (tertiary/aromatic N) is 3. The quantitative estimate of drug-likeness (QED) is 0.334. The van der Waals surface area contributed by atoms with E-state index in [4.69, 9.17) is 9.47 Å². The van der Waals surface area contributed by atoms with Crippen LogP contribution >= 0.6 is 0 Å². The molecular weight excluding hydrogens is 482 g/mol. The highest BCUT2D eigenvalue weighted by molar-refractivity contribution is 7.92. The van der Waals surface area contributed by atoms with Crippen molar-refractivity contribution >= 4 is 27.9 Å². The lowest BCUT2D eigenvalue weighted by Gasteiger charge is -2.29. The number of esters is 1. The fourth-order valence-corrected chi connectivity index (χ4v) is 5.62. The Hall–Kier alpha value is -2.79. The molecule has 0 bridgehead atoms. The van der Waals surface area contributed by atoms with Gasteiger partial charge >= 0.3 is 5.97 Å². The molecule has 0 saturated carbocycles.